The Morgan fingerprint density at radius 3 is 2.68 bits per heavy atom. The van der Waals surface area contributed by atoms with Crippen LogP contribution in [0.4, 0.5) is 4.79 Å². The molecule has 1 rings (SSSR count). The molecule has 0 atom stereocenters. The lowest BCUT2D eigenvalue weighted by molar-refractivity contribution is -0.138. The molecule has 3 N–H and O–H groups in total. The van der Waals surface area contributed by atoms with Crippen molar-refractivity contribution in [1.82, 2.24) is 25.4 Å². The van der Waals surface area contributed by atoms with Crippen LogP contribution >= 0.6 is 0 Å². The van der Waals surface area contributed by atoms with Crippen LogP contribution in [0.2, 0.25) is 0 Å². The Morgan fingerprint density at radius 2 is 2.11 bits per heavy atom. The number of carboxylic acids is 1. The minimum atomic E-state index is -1.09. The number of carbonyl (C=O) groups is 3. The number of nitrogens with zero attached hydrogens (tertiary/aromatic N) is 3. The largest absolute Gasteiger partial charge is 0.481 e. The molecular weight excluding hydrogens is 254 g/mol. The van der Waals surface area contributed by atoms with E-state index in [1.165, 1.54) is 0 Å². The quantitative estimate of drug-likeness (QED) is 0.611. The lowest BCUT2D eigenvalue weighted by atomic mass is 10.3. The first-order valence-corrected chi connectivity index (χ1v) is 5.61. The standard InChI is InChI=1S/C10H15N5O4/c1-15-6-12-7(14-15)4-5-11-10(19)13-8(16)2-3-9(17)18/h6H,2-5H2,1H3,(H,17,18)(H2,11,13,16,19). The maximum Gasteiger partial charge on any atom is 0.321 e. The fraction of sp³-hybridized carbons (Fsp3) is 0.500. The molecule has 1 aromatic rings. The Balaban J connectivity index is 2.17. The molecule has 9 heteroatoms. The van der Waals surface area contributed by atoms with Crippen LogP contribution in [0, 0.1) is 0 Å². The van der Waals surface area contributed by atoms with Gasteiger partial charge >= 0.3 is 12.0 Å². The molecule has 0 fully saturated rings. The summed E-state index contributed by atoms with van der Waals surface area (Å²) in [5.41, 5.74) is 0. The van der Waals surface area contributed by atoms with Crippen LogP contribution < -0.4 is 10.6 Å². The Hall–Kier alpha value is -2.45. The van der Waals surface area contributed by atoms with Crippen LogP contribution in [-0.2, 0) is 23.1 Å². The van der Waals surface area contributed by atoms with Gasteiger partial charge in [0.25, 0.3) is 0 Å². The van der Waals surface area contributed by atoms with Gasteiger partial charge in [0.2, 0.25) is 5.91 Å². The molecule has 3 amide bonds. The van der Waals surface area contributed by atoms with Crippen LogP contribution in [0.3, 0.4) is 0 Å². The van der Waals surface area contributed by atoms with Gasteiger partial charge < -0.3 is 10.4 Å². The second-order valence-electron chi connectivity index (χ2n) is 3.78. The SMILES string of the molecule is Cn1cnc(CCNC(=O)NC(=O)CCC(=O)O)n1. The topological polar surface area (TPSA) is 126 Å². The second-order valence-corrected chi connectivity index (χ2v) is 3.78. The molecule has 0 spiro atoms. The van der Waals surface area contributed by atoms with Gasteiger partial charge in [0.1, 0.15) is 6.33 Å². The first-order chi connectivity index (χ1) is 8.97. The maximum absolute atomic E-state index is 11.3. The number of imide groups is 1. The van der Waals surface area contributed by atoms with Crippen molar-refractivity contribution in [2.45, 2.75) is 19.3 Å². The van der Waals surface area contributed by atoms with E-state index in [1.807, 2.05) is 5.32 Å². The molecule has 9 nitrogen and oxygen atoms in total. The number of carboxylic acid groups (broad SMARTS) is 1. The van der Waals surface area contributed by atoms with Gasteiger partial charge in [0.15, 0.2) is 5.82 Å². The third kappa shape index (κ3) is 6.15. The molecule has 0 radical (unpaired) electrons. The highest BCUT2D eigenvalue weighted by atomic mass is 16.4. The molecular formula is C10H15N5O4. The summed E-state index contributed by atoms with van der Waals surface area (Å²) in [4.78, 5) is 36.6. The second kappa shape index (κ2) is 7.09. The monoisotopic (exact) mass is 269 g/mol. The lowest BCUT2D eigenvalue weighted by Gasteiger charge is -2.04. The fourth-order valence-electron chi connectivity index (χ4n) is 1.24. The minimum Gasteiger partial charge on any atom is -0.481 e. The van der Waals surface area contributed by atoms with E-state index < -0.39 is 17.9 Å². The first kappa shape index (κ1) is 14.6. The third-order valence-electron chi connectivity index (χ3n) is 2.10. The number of nitrogens with one attached hydrogen (secondary N) is 2. The molecule has 0 saturated heterocycles. The summed E-state index contributed by atoms with van der Waals surface area (Å²) in [6.07, 6.45) is 1.45. The highest BCUT2D eigenvalue weighted by Gasteiger charge is 2.09. The summed E-state index contributed by atoms with van der Waals surface area (Å²) in [6, 6.07) is -0.661. The van der Waals surface area contributed by atoms with Crippen molar-refractivity contribution in [2.24, 2.45) is 7.05 Å². The summed E-state index contributed by atoms with van der Waals surface area (Å²) >= 11 is 0. The van der Waals surface area contributed by atoms with E-state index in [1.54, 1.807) is 18.1 Å². The molecule has 0 bridgehead atoms. The van der Waals surface area contributed by atoms with E-state index in [4.69, 9.17) is 5.11 Å². The van der Waals surface area contributed by atoms with Gasteiger partial charge in [0.05, 0.1) is 6.42 Å². The Labute approximate surface area is 109 Å². The number of rotatable bonds is 6. The summed E-state index contributed by atoms with van der Waals surface area (Å²) < 4.78 is 1.55. The average molecular weight is 269 g/mol. The van der Waals surface area contributed by atoms with E-state index in [0.29, 0.717) is 12.2 Å². The normalized spacial score (nSPS) is 9.95. The van der Waals surface area contributed by atoms with Gasteiger partial charge in [0, 0.05) is 26.4 Å². The molecule has 0 saturated carbocycles. The summed E-state index contributed by atoms with van der Waals surface area (Å²) in [7, 11) is 1.73. The smallest absolute Gasteiger partial charge is 0.321 e. The predicted octanol–water partition coefficient (Wildman–Crippen LogP) is -0.952. The number of carbonyl (C=O) groups excluding carboxylic acids is 2. The van der Waals surface area contributed by atoms with E-state index in [9.17, 15) is 14.4 Å². The Kier molecular flexibility index (Phi) is 5.45. The van der Waals surface area contributed by atoms with Crippen molar-refractivity contribution >= 4 is 17.9 Å². The molecule has 0 unspecified atom stereocenters. The molecule has 0 aliphatic carbocycles. The van der Waals surface area contributed by atoms with Gasteiger partial charge in [-0.05, 0) is 0 Å². The zero-order valence-electron chi connectivity index (χ0n) is 10.4. The maximum atomic E-state index is 11.3. The Morgan fingerprint density at radius 1 is 1.37 bits per heavy atom. The zero-order chi connectivity index (χ0) is 14.3. The van der Waals surface area contributed by atoms with E-state index >= 15 is 0 Å². The summed E-state index contributed by atoms with van der Waals surface area (Å²) in [6.45, 7) is 0.280. The molecule has 19 heavy (non-hydrogen) atoms. The van der Waals surface area contributed by atoms with Gasteiger partial charge in [-0.2, -0.15) is 5.10 Å². The molecule has 0 aliphatic heterocycles. The summed E-state index contributed by atoms with van der Waals surface area (Å²) in [5, 5.41) is 16.9. The van der Waals surface area contributed by atoms with Gasteiger partial charge in [-0.1, -0.05) is 0 Å². The van der Waals surface area contributed by atoms with Crippen LogP contribution in [-0.4, -0.2) is 44.3 Å². The van der Waals surface area contributed by atoms with Crippen molar-refractivity contribution < 1.29 is 19.5 Å². The number of aromatic nitrogens is 3. The van der Waals surface area contributed by atoms with E-state index in [2.05, 4.69) is 15.4 Å². The van der Waals surface area contributed by atoms with E-state index in [0.717, 1.165) is 0 Å². The first-order valence-electron chi connectivity index (χ1n) is 5.61. The molecule has 0 aromatic carbocycles. The predicted molar refractivity (Wildman–Crippen MR) is 63.1 cm³/mol. The Bertz CT molecular complexity index is 470. The van der Waals surface area contributed by atoms with Gasteiger partial charge in [-0.25, -0.2) is 9.78 Å². The van der Waals surface area contributed by atoms with Gasteiger partial charge in [-0.15, -0.1) is 0 Å². The van der Waals surface area contributed by atoms with Crippen LogP contribution in [0.1, 0.15) is 18.7 Å². The number of hydrogen-bond donors (Lipinski definition) is 3. The molecule has 1 heterocycles. The molecule has 104 valence electrons. The van der Waals surface area contributed by atoms with Crippen molar-refractivity contribution in [3.63, 3.8) is 0 Å². The summed E-state index contributed by atoms with van der Waals surface area (Å²) in [5.74, 6) is -1.13. The highest BCUT2D eigenvalue weighted by molar-refractivity contribution is 5.95. The molecule has 0 aliphatic rings. The highest BCUT2D eigenvalue weighted by Crippen LogP contribution is 1.89. The minimum absolute atomic E-state index is 0.232. The van der Waals surface area contributed by atoms with Crippen LogP contribution in [0.15, 0.2) is 6.33 Å². The number of urea groups is 1. The van der Waals surface area contributed by atoms with Crippen molar-refractivity contribution in [1.29, 1.82) is 0 Å². The number of amides is 3. The lowest BCUT2D eigenvalue weighted by Crippen LogP contribution is -2.40. The van der Waals surface area contributed by atoms with Gasteiger partial charge in [-0.3, -0.25) is 19.6 Å². The number of hydrogen-bond acceptors (Lipinski definition) is 5. The molecule has 1 aromatic heterocycles. The van der Waals surface area contributed by atoms with Crippen LogP contribution in [0.5, 0.6) is 0 Å². The average Bonchev–Trinajstić information content (AvgIpc) is 2.72. The van der Waals surface area contributed by atoms with Crippen LogP contribution in [0.25, 0.3) is 0 Å². The number of aliphatic carboxylic acids is 1. The van der Waals surface area contributed by atoms with Crippen molar-refractivity contribution in [3.8, 4) is 0 Å². The van der Waals surface area contributed by atoms with Crippen molar-refractivity contribution in [3.05, 3.63) is 12.2 Å². The zero-order valence-corrected chi connectivity index (χ0v) is 10.4. The fourth-order valence-corrected chi connectivity index (χ4v) is 1.24. The number of aryl methyl sites for hydroxylation is 1. The van der Waals surface area contributed by atoms with E-state index in [-0.39, 0.29) is 19.4 Å². The van der Waals surface area contributed by atoms with Crippen molar-refractivity contribution in [2.75, 3.05) is 6.54 Å². The third-order valence-corrected chi connectivity index (χ3v) is 2.10.